The summed E-state index contributed by atoms with van der Waals surface area (Å²) in [5, 5.41) is 10.8. The second kappa shape index (κ2) is 16.1. The molecule has 17 nitrogen and oxygen atoms in total. The molecule has 50 heavy (non-hydrogen) atoms. The van der Waals surface area contributed by atoms with Crippen LogP contribution in [0, 0.1) is 0 Å². The van der Waals surface area contributed by atoms with E-state index in [1.807, 2.05) is 24.3 Å². The van der Waals surface area contributed by atoms with Gasteiger partial charge in [0.1, 0.15) is 24.2 Å². The van der Waals surface area contributed by atoms with Crippen molar-refractivity contribution in [2.24, 2.45) is 22.2 Å². The van der Waals surface area contributed by atoms with E-state index in [0.717, 1.165) is 22.2 Å². The van der Waals surface area contributed by atoms with Crippen molar-refractivity contribution in [3.63, 3.8) is 0 Å². The number of fused-ring (bicyclic) bond motifs is 3. The number of nitrogens with one attached hydrogen (secondary N) is 5. The lowest BCUT2D eigenvalue weighted by molar-refractivity contribution is -0.144. The Morgan fingerprint density at radius 3 is 2.44 bits per heavy atom. The van der Waals surface area contributed by atoms with Gasteiger partial charge >= 0.3 is 0 Å². The molecule has 0 bridgehead atoms. The van der Waals surface area contributed by atoms with Crippen LogP contribution in [0.25, 0.3) is 10.9 Å². The highest BCUT2D eigenvalue weighted by molar-refractivity contribution is 7.07. The molecule has 5 rings (SSSR count). The molecule has 0 aliphatic carbocycles. The van der Waals surface area contributed by atoms with Crippen molar-refractivity contribution in [3.8, 4) is 0 Å². The average molecular weight is 705 g/mol. The van der Waals surface area contributed by atoms with Crippen molar-refractivity contribution in [2.75, 3.05) is 6.54 Å². The number of benzene rings is 1. The lowest BCUT2D eigenvalue weighted by Crippen LogP contribution is -2.60. The van der Waals surface area contributed by atoms with Crippen molar-refractivity contribution < 1.29 is 24.0 Å². The Morgan fingerprint density at radius 1 is 1.04 bits per heavy atom. The minimum atomic E-state index is -1.19. The molecule has 0 radical (unpaired) electrons. The zero-order valence-corrected chi connectivity index (χ0v) is 28.2. The van der Waals surface area contributed by atoms with Gasteiger partial charge in [0.05, 0.1) is 17.5 Å². The summed E-state index contributed by atoms with van der Waals surface area (Å²) in [7, 11) is 0. The number of hydrogen-bond donors (Lipinski definition) is 8. The summed E-state index contributed by atoms with van der Waals surface area (Å²) in [5.74, 6) is -3.09. The molecule has 4 aromatic rings. The molecular weight excluding hydrogens is 664 g/mol. The van der Waals surface area contributed by atoms with Crippen molar-refractivity contribution in [1.82, 2.24) is 40.8 Å². The summed E-state index contributed by atoms with van der Waals surface area (Å²) < 4.78 is 0. The fourth-order valence-electron chi connectivity index (χ4n) is 6.01. The normalized spacial score (nSPS) is 15.7. The van der Waals surface area contributed by atoms with Gasteiger partial charge in [0.15, 0.2) is 5.96 Å². The summed E-state index contributed by atoms with van der Waals surface area (Å²) in [4.78, 5) is 86.6. The van der Waals surface area contributed by atoms with E-state index in [-0.39, 0.29) is 44.7 Å². The summed E-state index contributed by atoms with van der Waals surface area (Å²) in [6.07, 6.45) is 3.64. The number of H-pyrrole nitrogens is 2. The van der Waals surface area contributed by atoms with Gasteiger partial charge in [-0.05, 0) is 18.9 Å². The Bertz CT molecular complexity index is 1850. The molecule has 264 valence electrons. The number of rotatable bonds is 15. The Morgan fingerprint density at radius 2 is 1.78 bits per heavy atom. The smallest absolute Gasteiger partial charge is 0.246 e. The number of imidazole rings is 1. The van der Waals surface area contributed by atoms with Gasteiger partial charge in [-0.1, -0.05) is 18.2 Å². The van der Waals surface area contributed by atoms with E-state index in [2.05, 4.69) is 40.9 Å². The molecule has 4 atom stereocenters. The van der Waals surface area contributed by atoms with Crippen LogP contribution in [0.3, 0.4) is 0 Å². The van der Waals surface area contributed by atoms with Crippen molar-refractivity contribution in [1.29, 1.82) is 0 Å². The molecule has 0 saturated carbocycles. The molecule has 3 aromatic heterocycles. The van der Waals surface area contributed by atoms with E-state index in [0.29, 0.717) is 17.8 Å². The maximum Gasteiger partial charge on any atom is 0.246 e. The maximum atomic E-state index is 14.4. The number of nitrogens with two attached hydrogens (primary N) is 3. The quantitative estimate of drug-likeness (QED) is 0.0432. The van der Waals surface area contributed by atoms with Gasteiger partial charge in [-0.25, -0.2) is 9.97 Å². The highest BCUT2D eigenvalue weighted by atomic mass is 32.1. The molecule has 4 heterocycles. The molecule has 0 fully saturated rings. The lowest BCUT2D eigenvalue weighted by atomic mass is 9.96. The van der Waals surface area contributed by atoms with Crippen LogP contribution in [-0.2, 0) is 49.8 Å². The molecule has 1 aromatic carbocycles. The van der Waals surface area contributed by atoms with Gasteiger partial charge in [-0.15, -0.1) is 11.3 Å². The largest absolute Gasteiger partial charge is 0.370 e. The van der Waals surface area contributed by atoms with Gasteiger partial charge in [0.25, 0.3) is 0 Å². The number of guanidine groups is 1. The highest BCUT2D eigenvalue weighted by Gasteiger charge is 2.39. The molecule has 2 unspecified atom stereocenters. The second-order valence-electron chi connectivity index (χ2n) is 12.0. The molecule has 0 spiro atoms. The number of thiazole rings is 1. The first-order valence-electron chi connectivity index (χ1n) is 16.0. The monoisotopic (exact) mass is 704 g/mol. The van der Waals surface area contributed by atoms with Crippen LogP contribution in [0.15, 0.2) is 52.7 Å². The van der Waals surface area contributed by atoms with Crippen molar-refractivity contribution in [2.45, 2.75) is 69.7 Å². The number of primary amides is 1. The van der Waals surface area contributed by atoms with Crippen LogP contribution < -0.4 is 33.2 Å². The third kappa shape index (κ3) is 8.81. The first-order valence-corrected chi connectivity index (χ1v) is 16.9. The molecule has 18 heteroatoms. The van der Waals surface area contributed by atoms with E-state index < -0.39 is 53.7 Å². The molecule has 11 N–H and O–H groups in total. The average Bonchev–Trinajstić information content (AvgIpc) is 3.86. The predicted molar refractivity (Wildman–Crippen MR) is 185 cm³/mol. The van der Waals surface area contributed by atoms with Gasteiger partial charge in [-0.3, -0.25) is 29.0 Å². The van der Waals surface area contributed by atoms with Crippen molar-refractivity contribution in [3.05, 3.63) is 70.3 Å². The fourth-order valence-corrected chi connectivity index (χ4v) is 6.59. The Hall–Kier alpha value is -5.78. The van der Waals surface area contributed by atoms with E-state index in [4.69, 9.17) is 17.2 Å². The van der Waals surface area contributed by atoms with Crippen molar-refractivity contribution >= 4 is 57.7 Å². The summed E-state index contributed by atoms with van der Waals surface area (Å²) in [6.45, 7) is 1.54. The number of hydrogen-bond acceptors (Lipinski definition) is 9. The fraction of sp³-hybridized carbons (Fsp3) is 0.375. The van der Waals surface area contributed by atoms with Crippen LogP contribution >= 0.6 is 11.3 Å². The minimum absolute atomic E-state index is 0.000836. The number of carbonyl (C=O) groups excluding carboxylic acids is 5. The molecule has 1 aliphatic heterocycles. The maximum absolute atomic E-state index is 14.4. The first-order chi connectivity index (χ1) is 24.0. The topological polar surface area (TPSA) is 272 Å². The number of para-hydroxylation sites is 1. The van der Waals surface area contributed by atoms with Gasteiger partial charge in [0, 0.05) is 78.7 Å². The number of carbonyl (C=O) groups is 5. The van der Waals surface area contributed by atoms with E-state index >= 15 is 0 Å². The van der Waals surface area contributed by atoms with Crippen LogP contribution in [0.2, 0.25) is 0 Å². The van der Waals surface area contributed by atoms with Gasteiger partial charge in [-0.2, -0.15) is 0 Å². The zero-order chi connectivity index (χ0) is 35.8. The SMILES string of the molecule is CC(=O)N[C@@H](Cc1cnc[nH]1)C(=O)NC(Cc1cscn1)C(=O)N[C@@H](CCCN=C(N)N)C(=O)N1Cc2c([nH]c3ccccc23)CC1C(N)=O. The van der Waals surface area contributed by atoms with E-state index in [1.165, 1.54) is 35.7 Å². The number of aliphatic imine (C=N–C) groups is 1. The molecule has 5 amide bonds. The highest BCUT2D eigenvalue weighted by Crippen LogP contribution is 2.31. The summed E-state index contributed by atoms with van der Waals surface area (Å²) in [6, 6.07) is 3.26. The Kier molecular flexibility index (Phi) is 11.4. The molecule has 0 saturated heterocycles. The minimum Gasteiger partial charge on any atom is -0.370 e. The third-order valence-corrected chi connectivity index (χ3v) is 9.01. The number of nitrogens with zero attached hydrogens (tertiary/aromatic N) is 4. The number of amides is 5. The zero-order valence-electron chi connectivity index (χ0n) is 27.3. The number of aromatic amines is 2. The molecule has 1 aliphatic rings. The molecular formula is C32H40N12O5S. The Balaban J connectivity index is 1.41. The van der Waals surface area contributed by atoms with Gasteiger partial charge < -0.3 is 48.0 Å². The van der Waals surface area contributed by atoms with E-state index in [1.54, 1.807) is 10.9 Å². The predicted octanol–water partition coefficient (Wildman–Crippen LogP) is -0.901. The van der Waals surface area contributed by atoms with Crippen LogP contribution in [0.1, 0.15) is 42.4 Å². The van der Waals surface area contributed by atoms with Crippen LogP contribution in [0.5, 0.6) is 0 Å². The van der Waals surface area contributed by atoms with Crippen LogP contribution in [0.4, 0.5) is 0 Å². The third-order valence-electron chi connectivity index (χ3n) is 8.38. The van der Waals surface area contributed by atoms with Crippen LogP contribution in [-0.4, -0.2) is 91.0 Å². The summed E-state index contributed by atoms with van der Waals surface area (Å²) >= 11 is 1.32. The standard InChI is InChI=1S/C32H40N12O5S/c1-17(45)40-25(9-18-12-36-15-38-18)29(47)43-26(10-19-14-50-16-39-19)30(48)42-23(7-4-8-37-32(34)35)31(49)44-13-21-20-5-2-3-6-22(20)41-24(21)11-27(44)28(33)46/h2-3,5-6,12,14-16,23,25-27,41H,4,7-11,13H2,1H3,(H2,33,46)(H,36,38)(H,40,45)(H,42,48)(H,43,47)(H4,34,35,37)/t23-,25-,26?,27?/m0/s1. The first kappa shape index (κ1) is 35.5. The van der Waals surface area contributed by atoms with E-state index in [9.17, 15) is 24.0 Å². The lowest BCUT2D eigenvalue weighted by Gasteiger charge is -2.36. The summed E-state index contributed by atoms with van der Waals surface area (Å²) in [5.41, 5.74) is 22.1. The Labute approximate surface area is 290 Å². The van der Waals surface area contributed by atoms with Gasteiger partial charge in [0.2, 0.25) is 29.5 Å². The second-order valence-corrected chi connectivity index (χ2v) is 12.7. The number of aromatic nitrogens is 4.